The highest BCUT2D eigenvalue weighted by atomic mass is 16.6. The Hall–Kier alpha value is -2.13. The van der Waals surface area contributed by atoms with Crippen molar-refractivity contribution in [1.82, 2.24) is 0 Å². The van der Waals surface area contributed by atoms with E-state index in [9.17, 15) is 9.90 Å². The zero-order chi connectivity index (χ0) is 15.2. The van der Waals surface area contributed by atoms with Gasteiger partial charge < -0.3 is 9.84 Å². The van der Waals surface area contributed by atoms with Crippen molar-refractivity contribution in [3.63, 3.8) is 0 Å². The molecule has 0 saturated heterocycles. The molecule has 0 aromatic heterocycles. The van der Waals surface area contributed by atoms with Crippen molar-refractivity contribution < 1.29 is 14.6 Å². The summed E-state index contributed by atoms with van der Waals surface area (Å²) in [5.41, 5.74) is 2.70. The third-order valence-electron chi connectivity index (χ3n) is 3.45. The van der Waals surface area contributed by atoms with Crippen LogP contribution in [0.4, 0.5) is 0 Å². The fourth-order valence-corrected chi connectivity index (χ4v) is 2.54. The molecule has 2 aromatic carbocycles. The van der Waals surface area contributed by atoms with Crippen LogP contribution in [0.15, 0.2) is 48.5 Å². The second-order valence-electron chi connectivity index (χ2n) is 4.69. The first-order valence-electron chi connectivity index (χ1n) is 7.26. The molecule has 1 N–H and O–H groups in total. The Labute approximate surface area is 125 Å². The van der Waals surface area contributed by atoms with Crippen LogP contribution in [0.2, 0.25) is 0 Å². The standard InChI is InChI=1S/C16H14O3.C2H6/c17-10-11-6-7-15-14(8-11)13(9-16(18)19-15)12-4-2-1-3-5-12;1-2/h1-8,10,13,16,18H,9H2;1-2H3. The van der Waals surface area contributed by atoms with Gasteiger partial charge in [0, 0.05) is 23.5 Å². The Balaban J connectivity index is 0.000000774. The van der Waals surface area contributed by atoms with E-state index in [0.29, 0.717) is 17.7 Å². The average molecular weight is 284 g/mol. The van der Waals surface area contributed by atoms with Gasteiger partial charge in [0.05, 0.1) is 0 Å². The third-order valence-corrected chi connectivity index (χ3v) is 3.45. The molecule has 1 heterocycles. The van der Waals surface area contributed by atoms with E-state index in [1.165, 1.54) is 0 Å². The smallest absolute Gasteiger partial charge is 0.198 e. The second-order valence-corrected chi connectivity index (χ2v) is 4.69. The predicted molar refractivity (Wildman–Crippen MR) is 82.7 cm³/mol. The Kier molecular flexibility index (Phi) is 5.12. The number of aliphatic hydroxyl groups is 1. The first-order valence-corrected chi connectivity index (χ1v) is 7.26. The summed E-state index contributed by atoms with van der Waals surface area (Å²) in [6, 6.07) is 15.2. The third kappa shape index (κ3) is 3.31. The maximum Gasteiger partial charge on any atom is 0.198 e. The highest BCUT2D eigenvalue weighted by Crippen LogP contribution is 2.40. The summed E-state index contributed by atoms with van der Waals surface area (Å²) in [6.07, 6.45) is 0.520. The van der Waals surface area contributed by atoms with Gasteiger partial charge in [0.15, 0.2) is 6.29 Å². The van der Waals surface area contributed by atoms with Gasteiger partial charge in [0.2, 0.25) is 0 Å². The number of hydrogen-bond donors (Lipinski definition) is 1. The van der Waals surface area contributed by atoms with Gasteiger partial charge in [0.25, 0.3) is 0 Å². The van der Waals surface area contributed by atoms with Crippen molar-refractivity contribution in [3.8, 4) is 5.75 Å². The maximum absolute atomic E-state index is 10.9. The van der Waals surface area contributed by atoms with E-state index in [2.05, 4.69) is 0 Å². The topological polar surface area (TPSA) is 46.5 Å². The fourth-order valence-electron chi connectivity index (χ4n) is 2.54. The van der Waals surface area contributed by atoms with E-state index >= 15 is 0 Å². The molecule has 2 atom stereocenters. The largest absolute Gasteiger partial charge is 0.465 e. The van der Waals surface area contributed by atoms with Gasteiger partial charge in [-0.05, 0) is 23.8 Å². The van der Waals surface area contributed by atoms with Crippen LogP contribution in [0.3, 0.4) is 0 Å². The summed E-state index contributed by atoms with van der Waals surface area (Å²) in [5, 5.41) is 9.82. The molecule has 21 heavy (non-hydrogen) atoms. The van der Waals surface area contributed by atoms with Gasteiger partial charge in [-0.2, -0.15) is 0 Å². The number of fused-ring (bicyclic) bond motifs is 1. The minimum Gasteiger partial charge on any atom is -0.465 e. The van der Waals surface area contributed by atoms with Crippen molar-refractivity contribution in [3.05, 3.63) is 65.2 Å². The Morgan fingerprint density at radius 3 is 2.52 bits per heavy atom. The van der Waals surface area contributed by atoms with E-state index in [1.807, 2.05) is 50.2 Å². The van der Waals surface area contributed by atoms with Crippen LogP contribution in [0.5, 0.6) is 5.75 Å². The van der Waals surface area contributed by atoms with Gasteiger partial charge in [-0.25, -0.2) is 0 Å². The molecular weight excluding hydrogens is 264 g/mol. The molecule has 110 valence electrons. The average Bonchev–Trinajstić information content (AvgIpc) is 2.56. The van der Waals surface area contributed by atoms with Gasteiger partial charge in [-0.3, -0.25) is 4.79 Å². The zero-order valence-electron chi connectivity index (χ0n) is 12.3. The van der Waals surface area contributed by atoms with Gasteiger partial charge >= 0.3 is 0 Å². The molecule has 1 aliphatic heterocycles. The van der Waals surface area contributed by atoms with Crippen LogP contribution < -0.4 is 4.74 Å². The molecule has 3 heteroatoms. The van der Waals surface area contributed by atoms with E-state index in [4.69, 9.17) is 4.74 Å². The lowest BCUT2D eigenvalue weighted by molar-refractivity contribution is -0.0359. The number of rotatable bonds is 2. The number of hydrogen-bond acceptors (Lipinski definition) is 3. The Morgan fingerprint density at radius 1 is 1.14 bits per heavy atom. The summed E-state index contributed by atoms with van der Waals surface area (Å²) in [7, 11) is 0. The van der Waals surface area contributed by atoms with E-state index in [0.717, 1.165) is 17.4 Å². The highest BCUT2D eigenvalue weighted by molar-refractivity contribution is 5.76. The number of aliphatic hydroxyl groups excluding tert-OH is 1. The number of carbonyl (C=O) groups excluding carboxylic acids is 1. The number of ether oxygens (including phenoxy) is 1. The molecule has 0 aliphatic carbocycles. The minimum absolute atomic E-state index is 0.0554. The Bertz CT molecular complexity index is 593. The molecule has 0 radical (unpaired) electrons. The molecule has 2 aromatic rings. The number of carbonyl (C=O) groups is 1. The molecule has 3 rings (SSSR count). The normalized spacial score (nSPS) is 19.6. The monoisotopic (exact) mass is 284 g/mol. The Morgan fingerprint density at radius 2 is 1.86 bits per heavy atom. The van der Waals surface area contributed by atoms with Crippen molar-refractivity contribution >= 4 is 6.29 Å². The van der Waals surface area contributed by atoms with Crippen molar-refractivity contribution in [2.75, 3.05) is 0 Å². The van der Waals surface area contributed by atoms with Crippen LogP contribution in [0, 0.1) is 0 Å². The lowest BCUT2D eigenvalue weighted by Crippen LogP contribution is -2.25. The lowest BCUT2D eigenvalue weighted by Gasteiger charge is -2.30. The van der Waals surface area contributed by atoms with Crippen LogP contribution in [-0.4, -0.2) is 17.7 Å². The summed E-state index contributed by atoms with van der Waals surface area (Å²) in [5.74, 6) is 0.707. The fraction of sp³-hybridized carbons (Fsp3) is 0.278. The molecule has 0 amide bonds. The summed E-state index contributed by atoms with van der Waals surface area (Å²) >= 11 is 0. The zero-order valence-corrected chi connectivity index (χ0v) is 12.3. The quantitative estimate of drug-likeness (QED) is 0.854. The van der Waals surface area contributed by atoms with E-state index in [-0.39, 0.29) is 5.92 Å². The molecule has 1 aliphatic rings. The summed E-state index contributed by atoms with van der Waals surface area (Å²) in [4.78, 5) is 10.9. The van der Waals surface area contributed by atoms with Crippen LogP contribution in [0.1, 0.15) is 47.7 Å². The molecular formula is C18H20O3. The molecule has 3 nitrogen and oxygen atoms in total. The minimum atomic E-state index is -0.806. The molecule has 0 fully saturated rings. The lowest BCUT2D eigenvalue weighted by atomic mass is 9.85. The van der Waals surface area contributed by atoms with E-state index < -0.39 is 6.29 Å². The highest BCUT2D eigenvalue weighted by Gasteiger charge is 2.28. The predicted octanol–water partition coefficient (Wildman–Crippen LogP) is 3.76. The first-order chi connectivity index (χ1) is 10.3. The van der Waals surface area contributed by atoms with Crippen LogP contribution in [0.25, 0.3) is 0 Å². The summed E-state index contributed by atoms with van der Waals surface area (Å²) < 4.78 is 5.42. The van der Waals surface area contributed by atoms with Gasteiger partial charge in [0.1, 0.15) is 12.0 Å². The molecule has 0 saturated carbocycles. The van der Waals surface area contributed by atoms with Crippen LogP contribution >= 0.6 is 0 Å². The van der Waals surface area contributed by atoms with E-state index in [1.54, 1.807) is 12.1 Å². The molecule has 2 unspecified atom stereocenters. The first kappa shape index (κ1) is 15.3. The summed E-state index contributed by atoms with van der Waals surface area (Å²) in [6.45, 7) is 4.00. The maximum atomic E-state index is 10.9. The SMILES string of the molecule is CC.O=Cc1ccc2c(c1)C(c1ccccc1)CC(O)O2. The molecule has 0 spiro atoms. The van der Waals surface area contributed by atoms with Gasteiger partial charge in [-0.15, -0.1) is 0 Å². The van der Waals surface area contributed by atoms with Crippen molar-refractivity contribution in [1.29, 1.82) is 0 Å². The number of aldehydes is 1. The van der Waals surface area contributed by atoms with Gasteiger partial charge in [-0.1, -0.05) is 44.2 Å². The number of benzene rings is 2. The van der Waals surface area contributed by atoms with Crippen molar-refractivity contribution in [2.45, 2.75) is 32.5 Å². The van der Waals surface area contributed by atoms with Crippen molar-refractivity contribution in [2.24, 2.45) is 0 Å². The van der Waals surface area contributed by atoms with Crippen LogP contribution in [-0.2, 0) is 0 Å². The molecule has 0 bridgehead atoms. The second kappa shape index (κ2) is 7.04.